The highest BCUT2D eigenvalue weighted by atomic mass is 79.9. The number of nitrogens with one attached hydrogen (secondary N) is 1. The van der Waals surface area contributed by atoms with Crippen molar-refractivity contribution < 1.29 is 0 Å². The van der Waals surface area contributed by atoms with Gasteiger partial charge in [0.2, 0.25) is 0 Å². The number of aromatic nitrogens is 3. The molecule has 2 heterocycles. The summed E-state index contributed by atoms with van der Waals surface area (Å²) in [5.41, 5.74) is 5.09. The number of fused-ring (bicyclic) bond motifs is 1. The van der Waals surface area contributed by atoms with Crippen LogP contribution in [0, 0.1) is 6.92 Å². The van der Waals surface area contributed by atoms with Crippen LogP contribution in [0.1, 0.15) is 11.3 Å². The van der Waals surface area contributed by atoms with E-state index in [9.17, 15) is 0 Å². The van der Waals surface area contributed by atoms with E-state index in [1.165, 1.54) is 5.56 Å². The number of aryl methyl sites for hydroxylation is 1. The Hall–Kier alpha value is -1.72. The van der Waals surface area contributed by atoms with Crippen molar-refractivity contribution in [3.8, 4) is 11.3 Å². The highest BCUT2D eigenvalue weighted by molar-refractivity contribution is 9.10. The largest absolute Gasteiger partial charge is 0.314 e. The zero-order chi connectivity index (χ0) is 14.1. The predicted octanol–water partition coefficient (Wildman–Crippen LogP) is 3.19. The Balaban J connectivity index is 2.12. The molecule has 2 aromatic heterocycles. The van der Waals surface area contributed by atoms with Gasteiger partial charge in [-0.25, -0.2) is 9.50 Å². The van der Waals surface area contributed by atoms with Crippen molar-refractivity contribution >= 4 is 21.6 Å². The van der Waals surface area contributed by atoms with E-state index in [1.807, 2.05) is 29.8 Å². The third kappa shape index (κ3) is 2.34. The first-order chi connectivity index (χ1) is 9.69. The second-order valence-electron chi connectivity index (χ2n) is 4.74. The highest BCUT2D eigenvalue weighted by Crippen LogP contribution is 2.22. The second kappa shape index (κ2) is 5.34. The van der Waals surface area contributed by atoms with E-state index in [2.05, 4.69) is 56.5 Å². The van der Waals surface area contributed by atoms with Crippen LogP contribution in [-0.4, -0.2) is 21.6 Å². The minimum atomic E-state index is 0.712. The summed E-state index contributed by atoms with van der Waals surface area (Å²) in [6.07, 6.45) is 0. The zero-order valence-corrected chi connectivity index (χ0v) is 13.0. The van der Waals surface area contributed by atoms with Gasteiger partial charge < -0.3 is 5.32 Å². The summed E-state index contributed by atoms with van der Waals surface area (Å²) in [4.78, 5) is 4.55. The topological polar surface area (TPSA) is 42.2 Å². The van der Waals surface area contributed by atoms with E-state index in [-0.39, 0.29) is 0 Å². The molecule has 0 amide bonds. The normalized spacial score (nSPS) is 11.2. The predicted molar refractivity (Wildman–Crippen MR) is 83.6 cm³/mol. The van der Waals surface area contributed by atoms with Gasteiger partial charge in [-0.15, -0.1) is 0 Å². The summed E-state index contributed by atoms with van der Waals surface area (Å²) in [6.45, 7) is 2.80. The van der Waals surface area contributed by atoms with Gasteiger partial charge in [-0.2, -0.15) is 5.10 Å². The van der Waals surface area contributed by atoms with E-state index in [0.717, 1.165) is 27.2 Å². The lowest BCUT2D eigenvalue weighted by Gasteiger charge is -2.03. The van der Waals surface area contributed by atoms with Gasteiger partial charge in [0.25, 0.3) is 0 Å². The Kier molecular flexibility index (Phi) is 3.54. The van der Waals surface area contributed by atoms with E-state index in [4.69, 9.17) is 0 Å². The third-order valence-electron chi connectivity index (χ3n) is 3.15. The van der Waals surface area contributed by atoms with Crippen LogP contribution >= 0.6 is 15.9 Å². The maximum atomic E-state index is 4.67. The molecule has 1 aromatic carbocycles. The molecule has 0 fully saturated rings. The molecule has 4 nitrogen and oxygen atoms in total. The summed E-state index contributed by atoms with van der Waals surface area (Å²) in [5.74, 6) is 0. The summed E-state index contributed by atoms with van der Waals surface area (Å²) in [5, 5.41) is 7.77. The molecule has 0 radical (unpaired) electrons. The maximum absolute atomic E-state index is 4.67. The molecule has 0 aliphatic carbocycles. The van der Waals surface area contributed by atoms with Crippen molar-refractivity contribution in [1.82, 2.24) is 19.9 Å². The zero-order valence-electron chi connectivity index (χ0n) is 11.4. The van der Waals surface area contributed by atoms with Crippen molar-refractivity contribution in [3.05, 3.63) is 52.3 Å². The lowest BCUT2D eigenvalue weighted by atomic mass is 10.1. The molecular formula is C15H15BrN4. The van der Waals surface area contributed by atoms with Crippen LogP contribution in [0.25, 0.3) is 16.9 Å². The van der Waals surface area contributed by atoms with Crippen LogP contribution in [0.5, 0.6) is 0 Å². The Morgan fingerprint density at radius 3 is 2.85 bits per heavy atom. The quantitative estimate of drug-likeness (QED) is 0.801. The minimum absolute atomic E-state index is 0.712. The fourth-order valence-electron chi connectivity index (χ4n) is 2.19. The fourth-order valence-corrected chi connectivity index (χ4v) is 2.68. The van der Waals surface area contributed by atoms with Gasteiger partial charge >= 0.3 is 0 Å². The van der Waals surface area contributed by atoms with Gasteiger partial charge in [0.05, 0.1) is 11.4 Å². The van der Waals surface area contributed by atoms with Crippen LogP contribution in [0.2, 0.25) is 0 Å². The van der Waals surface area contributed by atoms with Gasteiger partial charge in [-0.05, 0) is 48.1 Å². The van der Waals surface area contributed by atoms with Crippen molar-refractivity contribution in [1.29, 1.82) is 0 Å². The van der Waals surface area contributed by atoms with Gasteiger partial charge in [0.1, 0.15) is 4.60 Å². The molecule has 0 aliphatic rings. The van der Waals surface area contributed by atoms with E-state index >= 15 is 0 Å². The fraction of sp³-hybridized carbons (Fsp3) is 0.200. The van der Waals surface area contributed by atoms with E-state index in [0.29, 0.717) is 6.54 Å². The Labute approximate surface area is 126 Å². The number of rotatable bonds is 3. The molecule has 5 heteroatoms. The number of hydrogen-bond donors (Lipinski definition) is 1. The van der Waals surface area contributed by atoms with Crippen molar-refractivity contribution in [2.75, 3.05) is 7.05 Å². The van der Waals surface area contributed by atoms with Crippen LogP contribution in [0.15, 0.2) is 41.0 Å². The summed E-state index contributed by atoms with van der Waals surface area (Å²) >= 11 is 3.57. The van der Waals surface area contributed by atoms with Gasteiger partial charge in [0, 0.05) is 12.1 Å². The molecule has 0 aliphatic heterocycles. The lowest BCUT2D eigenvalue weighted by molar-refractivity contribution is 0.789. The van der Waals surface area contributed by atoms with Crippen molar-refractivity contribution in [3.63, 3.8) is 0 Å². The molecule has 0 spiro atoms. The summed E-state index contributed by atoms with van der Waals surface area (Å²) < 4.78 is 2.74. The average Bonchev–Trinajstić information content (AvgIpc) is 2.76. The van der Waals surface area contributed by atoms with Gasteiger partial charge in [0.15, 0.2) is 5.65 Å². The molecule has 20 heavy (non-hydrogen) atoms. The number of halogens is 1. The second-order valence-corrected chi connectivity index (χ2v) is 5.49. The first kappa shape index (κ1) is 13.3. The maximum Gasteiger partial charge on any atom is 0.155 e. The molecule has 3 aromatic rings. The summed E-state index contributed by atoms with van der Waals surface area (Å²) in [6, 6.07) is 12.3. The van der Waals surface area contributed by atoms with E-state index in [1.54, 1.807) is 0 Å². The molecule has 1 N–H and O–H groups in total. The molecule has 3 rings (SSSR count). The Morgan fingerprint density at radius 2 is 2.10 bits per heavy atom. The lowest BCUT2D eigenvalue weighted by Crippen LogP contribution is -2.05. The number of benzene rings is 1. The summed E-state index contributed by atoms with van der Waals surface area (Å²) in [7, 11) is 1.90. The van der Waals surface area contributed by atoms with Crippen molar-refractivity contribution in [2.24, 2.45) is 0 Å². The first-order valence-electron chi connectivity index (χ1n) is 6.45. The SMILES string of the molecule is CNCc1nc2ccc(-c3cccc(C)c3)nn2c1Br. The molecule has 0 bridgehead atoms. The van der Waals surface area contributed by atoms with Crippen LogP contribution < -0.4 is 5.32 Å². The standard InChI is InChI=1S/C15H15BrN4/c1-10-4-3-5-11(8-10)12-6-7-14-18-13(9-17-2)15(16)20(14)19-12/h3-8,17H,9H2,1-2H3. The highest BCUT2D eigenvalue weighted by Gasteiger charge is 2.11. The van der Waals surface area contributed by atoms with Crippen LogP contribution in [0.4, 0.5) is 0 Å². The van der Waals surface area contributed by atoms with Gasteiger partial charge in [-0.3, -0.25) is 0 Å². The number of hydrogen-bond acceptors (Lipinski definition) is 3. The first-order valence-corrected chi connectivity index (χ1v) is 7.24. The molecule has 0 saturated carbocycles. The molecule has 102 valence electrons. The van der Waals surface area contributed by atoms with Crippen LogP contribution in [-0.2, 0) is 6.54 Å². The molecule has 0 unspecified atom stereocenters. The van der Waals surface area contributed by atoms with E-state index < -0.39 is 0 Å². The third-order valence-corrected chi connectivity index (χ3v) is 3.94. The number of imidazole rings is 1. The van der Waals surface area contributed by atoms with Gasteiger partial charge in [-0.1, -0.05) is 23.8 Å². The minimum Gasteiger partial charge on any atom is -0.314 e. The molecular weight excluding hydrogens is 316 g/mol. The van der Waals surface area contributed by atoms with Crippen molar-refractivity contribution in [2.45, 2.75) is 13.5 Å². The Morgan fingerprint density at radius 1 is 1.25 bits per heavy atom. The average molecular weight is 331 g/mol. The monoisotopic (exact) mass is 330 g/mol. The van der Waals surface area contributed by atoms with Crippen LogP contribution in [0.3, 0.4) is 0 Å². The molecule has 0 saturated heterocycles. The Bertz CT molecular complexity index is 764. The number of nitrogens with zero attached hydrogens (tertiary/aromatic N) is 3. The smallest absolute Gasteiger partial charge is 0.155 e. The molecule has 0 atom stereocenters.